The molecular weight excluding hydrogens is 184 g/mol. The Kier molecular flexibility index (Phi) is 2.86. The van der Waals surface area contributed by atoms with Crippen molar-refractivity contribution in [1.29, 1.82) is 0 Å². The van der Waals surface area contributed by atoms with E-state index in [9.17, 15) is 0 Å². The molecule has 0 N–H and O–H groups in total. The lowest BCUT2D eigenvalue weighted by Crippen LogP contribution is -2.06. The molecule has 78 valence electrons. The first-order valence-corrected chi connectivity index (χ1v) is 5.24. The van der Waals surface area contributed by atoms with E-state index in [1.54, 1.807) is 0 Å². The lowest BCUT2D eigenvalue weighted by molar-refractivity contribution is -0.478. The molecule has 0 aromatic heterocycles. The molecule has 2 nitrogen and oxygen atoms in total. The summed E-state index contributed by atoms with van der Waals surface area (Å²) >= 11 is 0. The molecule has 2 rings (SSSR count). The summed E-state index contributed by atoms with van der Waals surface area (Å²) in [5.41, 5.74) is 2.73. The Morgan fingerprint density at radius 2 is 2.33 bits per heavy atom. The third-order valence-corrected chi connectivity index (χ3v) is 2.57. The van der Waals surface area contributed by atoms with Crippen LogP contribution in [0.2, 0.25) is 0 Å². The summed E-state index contributed by atoms with van der Waals surface area (Å²) in [6.07, 6.45) is 15.0. The normalized spacial score (nSPS) is 23.1. The third kappa shape index (κ3) is 2.69. The van der Waals surface area contributed by atoms with Crippen LogP contribution in [0.4, 0.5) is 0 Å². The number of rotatable bonds is 2. The lowest BCUT2D eigenvalue weighted by atomic mass is 10.2. The molecule has 0 atom stereocenters. The molecule has 0 amide bonds. The molecule has 0 radical (unpaired) electrons. The van der Waals surface area contributed by atoms with Gasteiger partial charge in [-0.2, -0.15) is 0 Å². The molecule has 2 heteroatoms. The van der Waals surface area contributed by atoms with Gasteiger partial charge >= 0.3 is 0 Å². The van der Waals surface area contributed by atoms with Crippen LogP contribution in [0.3, 0.4) is 0 Å². The van der Waals surface area contributed by atoms with E-state index in [1.807, 2.05) is 0 Å². The van der Waals surface area contributed by atoms with Gasteiger partial charge in [-0.15, -0.1) is 0 Å². The van der Waals surface area contributed by atoms with Crippen LogP contribution in [0.5, 0.6) is 0 Å². The maximum atomic E-state index is 2.18. The molecule has 0 spiro atoms. The van der Waals surface area contributed by atoms with Gasteiger partial charge in [-0.3, -0.25) is 0 Å². The van der Waals surface area contributed by atoms with Crippen LogP contribution in [0.1, 0.15) is 0 Å². The van der Waals surface area contributed by atoms with Gasteiger partial charge in [0.05, 0.1) is 0 Å². The smallest absolute Gasteiger partial charge is 0.168 e. The Labute approximate surface area is 91.2 Å². The van der Waals surface area contributed by atoms with Crippen molar-refractivity contribution in [2.24, 2.45) is 0 Å². The zero-order valence-corrected chi connectivity index (χ0v) is 9.35. The molecule has 0 aliphatic carbocycles. The Morgan fingerprint density at radius 1 is 1.47 bits per heavy atom. The second-order valence-electron chi connectivity index (χ2n) is 4.14. The Balaban J connectivity index is 1.89. The van der Waals surface area contributed by atoms with Crippen LogP contribution >= 0.6 is 0 Å². The molecule has 2 aliphatic heterocycles. The number of allylic oxidation sites excluding steroid dienone is 3. The van der Waals surface area contributed by atoms with Crippen LogP contribution in [0, 0.1) is 0 Å². The molecule has 0 bridgehead atoms. The van der Waals surface area contributed by atoms with E-state index < -0.39 is 0 Å². The fourth-order valence-electron chi connectivity index (χ4n) is 1.74. The number of hydrogen-bond acceptors (Lipinski definition) is 1. The summed E-state index contributed by atoms with van der Waals surface area (Å²) in [4.78, 5) is 2.18. The summed E-state index contributed by atoms with van der Waals surface area (Å²) in [7, 11) is 4.18. The molecule has 0 fully saturated rings. The van der Waals surface area contributed by atoms with Crippen molar-refractivity contribution in [1.82, 2.24) is 4.90 Å². The fourth-order valence-corrected chi connectivity index (χ4v) is 1.74. The van der Waals surface area contributed by atoms with Crippen molar-refractivity contribution in [3.8, 4) is 0 Å². The predicted octanol–water partition coefficient (Wildman–Crippen LogP) is 1.58. The van der Waals surface area contributed by atoms with Gasteiger partial charge < -0.3 is 4.90 Å². The van der Waals surface area contributed by atoms with Crippen LogP contribution in [-0.2, 0) is 0 Å². The zero-order chi connectivity index (χ0) is 10.7. The topological polar surface area (TPSA) is 6.25 Å². The van der Waals surface area contributed by atoms with Crippen molar-refractivity contribution in [2.75, 3.05) is 27.2 Å². The van der Waals surface area contributed by atoms with Crippen LogP contribution in [0.25, 0.3) is 0 Å². The van der Waals surface area contributed by atoms with Gasteiger partial charge in [-0.1, -0.05) is 18.2 Å². The number of nitrogens with zero attached hydrogens (tertiary/aromatic N) is 2. The second kappa shape index (κ2) is 4.30. The number of likely N-dealkylation sites (N-methyl/N-ethyl adjacent to an activating group) is 2. The van der Waals surface area contributed by atoms with Gasteiger partial charge in [0, 0.05) is 25.2 Å². The van der Waals surface area contributed by atoms with Gasteiger partial charge in [0.1, 0.15) is 7.05 Å². The van der Waals surface area contributed by atoms with E-state index in [0.717, 1.165) is 13.1 Å². The van der Waals surface area contributed by atoms with E-state index >= 15 is 0 Å². The van der Waals surface area contributed by atoms with Gasteiger partial charge in [0.25, 0.3) is 0 Å². The van der Waals surface area contributed by atoms with Crippen molar-refractivity contribution in [2.45, 2.75) is 0 Å². The van der Waals surface area contributed by atoms with Gasteiger partial charge in [-0.25, -0.2) is 4.58 Å². The SMILES string of the molecule is CN1C=CC(=CC=CC2=CC=[N+](C)C2)C1. The highest BCUT2D eigenvalue weighted by atomic mass is 15.1. The Morgan fingerprint density at radius 3 is 2.93 bits per heavy atom. The minimum atomic E-state index is 1.02. The van der Waals surface area contributed by atoms with Crippen molar-refractivity contribution >= 4 is 6.21 Å². The highest BCUT2D eigenvalue weighted by molar-refractivity contribution is 5.70. The van der Waals surface area contributed by atoms with E-state index in [1.165, 1.54) is 11.1 Å². The molecule has 0 aromatic carbocycles. The first-order chi connectivity index (χ1) is 7.24. The van der Waals surface area contributed by atoms with Gasteiger partial charge in [-0.05, 0) is 17.8 Å². The summed E-state index contributed by atoms with van der Waals surface area (Å²) < 4.78 is 2.18. The van der Waals surface area contributed by atoms with E-state index in [4.69, 9.17) is 0 Å². The minimum absolute atomic E-state index is 1.02. The molecule has 2 aliphatic rings. The highest BCUT2D eigenvalue weighted by Gasteiger charge is 2.06. The Bertz CT molecular complexity index is 395. The average Bonchev–Trinajstić information content (AvgIpc) is 2.76. The first kappa shape index (κ1) is 9.97. The van der Waals surface area contributed by atoms with Crippen molar-refractivity contribution in [3.05, 3.63) is 47.7 Å². The summed E-state index contributed by atoms with van der Waals surface area (Å²) in [6, 6.07) is 0. The van der Waals surface area contributed by atoms with Gasteiger partial charge in [0.2, 0.25) is 0 Å². The quantitative estimate of drug-likeness (QED) is 0.615. The molecule has 0 aromatic rings. The van der Waals surface area contributed by atoms with E-state index in [-0.39, 0.29) is 0 Å². The molecule has 15 heavy (non-hydrogen) atoms. The summed E-state index contributed by atoms with van der Waals surface area (Å²) in [5.74, 6) is 0. The standard InChI is InChI=1S/C13H17N2/c1-14-8-6-12(10-14)4-3-5-13-7-9-15(2)11-13/h3-9H,10-11H2,1-2H3/q+1. The largest absolute Gasteiger partial charge is 0.376 e. The monoisotopic (exact) mass is 201 g/mol. The first-order valence-electron chi connectivity index (χ1n) is 5.24. The number of hydrogen-bond donors (Lipinski definition) is 0. The third-order valence-electron chi connectivity index (χ3n) is 2.57. The highest BCUT2D eigenvalue weighted by Crippen LogP contribution is 2.09. The lowest BCUT2D eigenvalue weighted by Gasteiger charge is -2.04. The molecule has 0 unspecified atom stereocenters. The molecule has 2 heterocycles. The van der Waals surface area contributed by atoms with Crippen LogP contribution in [0.15, 0.2) is 47.7 Å². The van der Waals surface area contributed by atoms with Crippen molar-refractivity contribution in [3.63, 3.8) is 0 Å². The zero-order valence-electron chi connectivity index (χ0n) is 9.35. The maximum absolute atomic E-state index is 2.18. The Hall–Kier alpha value is -1.57. The summed E-state index contributed by atoms with van der Waals surface area (Å²) in [6.45, 7) is 2.05. The second-order valence-corrected chi connectivity index (χ2v) is 4.14. The molecule has 0 saturated heterocycles. The minimum Gasteiger partial charge on any atom is -0.376 e. The maximum Gasteiger partial charge on any atom is 0.168 e. The van der Waals surface area contributed by atoms with Gasteiger partial charge in [0.15, 0.2) is 12.8 Å². The molecule has 0 saturated carbocycles. The van der Waals surface area contributed by atoms with Crippen LogP contribution in [-0.4, -0.2) is 42.9 Å². The molecular formula is C13H17N2+. The predicted molar refractivity (Wildman–Crippen MR) is 64.2 cm³/mol. The summed E-state index contributed by atoms with van der Waals surface area (Å²) in [5, 5.41) is 0. The van der Waals surface area contributed by atoms with E-state index in [0.29, 0.717) is 0 Å². The van der Waals surface area contributed by atoms with Crippen molar-refractivity contribution < 1.29 is 4.58 Å². The fraction of sp³-hybridized carbons (Fsp3) is 0.308. The average molecular weight is 201 g/mol. The van der Waals surface area contributed by atoms with E-state index in [2.05, 4.69) is 66.4 Å². The van der Waals surface area contributed by atoms with Crippen LogP contribution < -0.4 is 0 Å².